The molecule has 3 aromatic rings. The first kappa shape index (κ1) is 12.6. The van der Waals surface area contributed by atoms with Gasteiger partial charge in [0.05, 0.1) is 11.8 Å². The van der Waals surface area contributed by atoms with Crippen molar-refractivity contribution in [2.24, 2.45) is 0 Å². The van der Waals surface area contributed by atoms with Crippen LogP contribution >= 0.6 is 0 Å². The van der Waals surface area contributed by atoms with E-state index in [2.05, 4.69) is 19.9 Å². The fourth-order valence-electron chi connectivity index (χ4n) is 1.90. The molecule has 0 aliphatic rings. The van der Waals surface area contributed by atoms with Gasteiger partial charge < -0.3 is 4.98 Å². The van der Waals surface area contributed by atoms with Gasteiger partial charge in [-0.05, 0) is 17.7 Å². The summed E-state index contributed by atoms with van der Waals surface area (Å²) in [5.41, 5.74) is 1.33. The molecule has 0 fully saturated rings. The maximum atomic E-state index is 12.5. The van der Waals surface area contributed by atoms with E-state index in [9.17, 15) is 13.2 Å². The fourth-order valence-corrected chi connectivity index (χ4v) is 1.90. The van der Waals surface area contributed by atoms with Gasteiger partial charge in [0.15, 0.2) is 5.65 Å². The molecule has 0 amide bonds. The van der Waals surface area contributed by atoms with Crippen LogP contribution in [0.3, 0.4) is 0 Å². The Kier molecular flexibility index (Phi) is 2.89. The third-order valence-corrected chi connectivity index (χ3v) is 2.86. The summed E-state index contributed by atoms with van der Waals surface area (Å²) in [5, 5.41) is 0. The van der Waals surface area contributed by atoms with Gasteiger partial charge in [0.1, 0.15) is 17.7 Å². The topological polar surface area (TPSA) is 54.5 Å². The zero-order valence-corrected chi connectivity index (χ0v) is 10.1. The summed E-state index contributed by atoms with van der Waals surface area (Å²) in [6.07, 6.45) is -0.917. The number of hydrogen-bond acceptors (Lipinski definition) is 3. The van der Waals surface area contributed by atoms with E-state index in [4.69, 9.17) is 0 Å². The summed E-state index contributed by atoms with van der Waals surface area (Å²) in [5.74, 6) is 0.639. The number of halogens is 3. The second kappa shape index (κ2) is 4.59. The summed E-state index contributed by atoms with van der Waals surface area (Å²) in [7, 11) is 0. The Morgan fingerprint density at radius 2 is 1.85 bits per heavy atom. The van der Waals surface area contributed by atoms with E-state index in [1.54, 1.807) is 6.20 Å². The van der Waals surface area contributed by atoms with Crippen molar-refractivity contribution in [2.45, 2.75) is 12.6 Å². The Hall–Kier alpha value is -2.44. The number of nitrogens with one attached hydrogen (secondary N) is 1. The van der Waals surface area contributed by atoms with Crippen LogP contribution in [0.15, 0.2) is 36.8 Å². The lowest BCUT2D eigenvalue weighted by molar-refractivity contribution is -0.137. The molecule has 0 radical (unpaired) electrons. The molecule has 7 heteroatoms. The molecule has 0 saturated heterocycles. The minimum Gasteiger partial charge on any atom is -0.326 e. The average Bonchev–Trinajstić information content (AvgIpc) is 2.80. The highest BCUT2D eigenvalue weighted by Gasteiger charge is 2.29. The molecule has 0 spiro atoms. The zero-order valence-electron chi connectivity index (χ0n) is 10.1. The molecule has 0 aliphatic carbocycles. The number of nitrogens with zero attached hydrogens (tertiary/aromatic N) is 3. The predicted molar refractivity (Wildman–Crippen MR) is 65.9 cm³/mol. The summed E-state index contributed by atoms with van der Waals surface area (Å²) in [4.78, 5) is 15.1. The highest BCUT2D eigenvalue weighted by Crippen LogP contribution is 2.29. The molecule has 102 valence electrons. The van der Waals surface area contributed by atoms with Crippen LogP contribution in [0.5, 0.6) is 0 Å². The second-order valence-electron chi connectivity index (χ2n) is 4.31. The quantitative estimate of drug-likeness (QED) is 0.784. The lowest BCUT2D eigenvalue weighted by Crippen LogP contribution is -2.04. The monoisotopic (exact) mass is 278 g/mol. The number of hydrogen-bond donors (Lipinski definition) is 1. The number of aromatic amines is 1. The van der Waals surface area contributed by atoms with Crippen molar-refractivity contribution >= 4 is 11.2 Å². The van der Waals surface area contributed by atoms with Gasteiger partial charge in [0.2, 0.25) is 0 Å². The molecule has 0 aliphatic heterocycles. The molecule has 0 bridgehead atoms. The van der Waals surface area contributed by atoms with Crippen molar-refractivity contribution in [3.8, 4) is 0 Å². The fraction of sp³-hybridized carbons (Fsp3) is 0.154. The van der Waals surface area contributed by atoms with Gasteiger partial charge in [-0.15, -0.1) is 0 Å². The minimum absolute atomic E-state index is 0.411. The molecule has 2 aromatic heterocycles. The first-order valence-corrected chi connectivity index (χ1v) is 5.83. The number of H-pyrrole nitrogens is 1. The van der Waals surface area contributed by atoms with Crippen LogP contribution in [-0.2, 0) is 12.6 Å². The van der Waals surface area contributed by atoms with Crippen LogP contribution in [-0.4, -0.2) is 19.9 Å². The zero-order chi connectivity index (χ0) is 14.2. The summed E-state index contributed by atoms with van der Waals surface area (Å²) < 4.78 is 37.4. The highest BCUT2D eigenvalue weighted by molar-refractivity contribution is 5.68. The molecule has 20 heavy (non-hydrogen) atoms. The van der Waals surface area contributed by atoms with E-state index < -0.39 is 11.7 Å². The Labute approximate surface area is 111 Å². The maximum Gasteiger partial charge on any atom is 0.416 e. The Balaban J connectivity index is 1.84. The van der Waals surface area contributed by atoms with Crippen LogP contribution in [0.1, 0.15) is 17.0 Å². The molecule has 0 atom stereocenters. The van der Waals surface area contributed by atoms with Gasteiger partial charge in [-0.1, -0.05) is 12.1 Å². The van der Waals surface area contributed by atoms with Gasteiger partial charge >= 0.3 is 6.18 Å². The van der Waals surface area contributed by atoms with Gasteiger partial charge in [-0.3, -0.25) is 0 Å². The summed E-state index contributed by atoms with van der Waals surface area (Å²) in [6, 6.07) is 5.03. The number of rotatable bonds is 2. The largest absolute Gasteiger partial charge is 0.416 e. The Morgan fingerprint density at radius 1 is 1.10 bits per heavy atom. The molecule has 0 saturated carbocycles. The van der Waals surface area contributed by atoms with E-state index in [0.29, 0.717) is 23.4 Å². The third-order valence-electron chi connectivity index (χ3n) is 2.86. The van der Waals surface area contributed by atoms with Gasteiger partial charge in [-0.2, -0.15) is 13.2 Å². The van der Waals surface area contributed by atoms with E-state index in [0.717, 1.165) is 17.7 Å². The lowest BCUT2D eigenvalue weighted by atomic mass is 10.1. The van der Waals surface area contributed by atoms with Crippen LogP contribution in [0.4, 0.5) is 13.2 Å². The van der Waals surface area contributed by atoms with Crippen LogP contribution < -0.4 is 0 Å². The standard InChI is InChI=1S/C13H9F3N4/c14-13(15,16)9-3-1-8(2-4-9)5-11-19-10-6-17-7-18-12(10)20-11/h1-4,6-7H,5H2,(H,17,18,19,20). The average molecular weight is 278 g/mol. The van der Waals surface area contributed by atoms with E-state index in [-0.39, 0.29) is 0 Å². The second-order valence-corrected chi connectivity index (χ2v) is 4.31. The first-order valence-electron chi connectivity index (χ1n) is 5.83. The highest BCUT2D eigenvalue weighted by atomic mass is 19.4. The Bertz CT molecular complexity index is 698. The van der Waals surface area contributed by atoms with Crippen LogP contribution in [0.25, 0.3) is 11.2 Å². The predicted octanol–water partition coefficient (Wildman–Crippen LogP) is 2.96. The minimum atomic E-state index is -4.31. The SMILES string of the molecule is FC(F)(F)c1ccc(Cc2nc3cncnc3[nH]2)cc1. The van der Waals surface area contributed by atoms with Gasteiger partial charge in [-0.25, -0.2) is 15.0 Å². The number of aromatic nitrogens is 4. The summed E-state index contributed by atoms with van der Waals surface area (Å²) in [6.45, 7) is 0. The third kappa shape index (κ3) is 2.47. The smallest absolute Gasteiger partial charge is 0.326 e. The molecule has 2 heterocycles. The number of alkyl halides is 3. The van der Waals surface area contributed by atoms with Crippen molar-refractivity contribution in [2.75, 3.05) is 0 Å². The molecule has 4 nitrogen and oxygen atoms in total. The van der Waals surface area contributed by atoms with Crippen LogP contribution in [0.2, 0.25) is 0 Å². The molecule has 3 rings (SSSR count). The van der Waals surface area contributed by atoms with Gasteiger partial charge in [0, 0.05) is 6.42 Å². The lowest BCUT2D eigenvalue weighted by Gasteiger charge is -2.06. The summed E-state index contributed by atoms with van der Waals surface area (Å²) >= 11 is 0. The number of imidazole rings is 1. The van der Waals surface area contributed by atoms with Crippen molar-refractivity contribution in [1.29, 1.82) is 0 Å². The maximum absolute atomic E-state index is 12.5. The molecule has 1 N–H and O–H groups in total. The molecule has 0 unspecified atom stereocenters. The first-order chi connectivity index (χ1) is 9.52. The van der Waals surface area contributed by atoms with Crippen LogP contribution in [0, 0.1) is 0 Å². The van der Waals surface area contributed by atoms with E-state index >= 15 is 0 Å². The van der Waals surface area contributed by atoms with Crippen molar-refractivity contribution < 1.29 is 13.2 Å². The Morgan fingerprint density at radius 3 is 2.50 bits per heavy atom. The van der Waals surface area contributed by atoms with Crippen molar-refractivity contribution in [3.63, 3.8) is 0 Å². The van der Waals surface area contributed by atoms with E-state index in [1.165, 1.54) is 18.5 Å². The van der Waals surface area contributed by atoms with Gasteiger partial charge in [0.25, 0.3) is 0 Å². The molecular formula is C13H9F3N4. The molecule has 1 aromatic carbocycles. The van der Waals surface area contributed by atoms with E-state index in [1.807, 2.05) is 0 Å². The van der Waals surface area contributed by atoms with Crippen molar-refractivity contribution in [1.82, 2.24) is 19.9 Å². The number of benzene rings is 1. The molecular weight excluding hydrogens is 269 g/mol. The normalized spacial score (nSPS) is 11.9. The van der Waals surface area contributed by atoms with Crippen molar-refractivity contribution in [3.05, 3.63) is 53.7 Å². The number of fused-ring (bicyclic) bond motifs is 1.